The molecule has 0 aliphatic heterocycles. The summed E-state index contributed by atoms with van der Waals surface area (Å²) in [6.07, 6.45) is 1.70. The van der Waals surface area contributed by atoms with E-state index in [4.69, 9.17) is 5.26 Å². The van der Waals surface area contributed by atoms with Crippen molar-refractivity contribution in [1.29, 1.82) is 5.26 Å². The third kappa shape index (κ3) is 3.42. The average Bonchev–Trinajstić information content (AvgIpc) is 2.27. The number of carbonyl (C=O) groups is 2. The van der Waals surface area contributed by atoms with Gasteiger partial charge >= 0.3 is 0 Å². The van der Waals surface area contributed by atoms with Gasteiger partial charge in [0.15, 0.2) is 0 Å². The van der Waals surface area contributed by atoms with Crippen molar-refractivity contribution in [2.75, 3.05) is 0 Å². The molecule has 0 atom stereocenters. The lowest BCUT2D eigenvalue weighted by Crippen LogP contribution is -2.42. The Hall–Kier alpha value is -2.35. The molecule has 2 amide bonds. The maximum Gasteiger partial charge on any atom is 0.251 e. The Kier molecular flexibility index (Phi) is 4.04. The molecule has 1 rings (SSSR count). The van der Waals surface area contributed by atoms with Gasteiger partial charge in [-0.2, -0.15) is 10.3 Å². The predicted octanol–water partition coefficient (Wildman–Crippen LogP) is 0.590. The monoisotopic (exact) mass is 217 g/mol. The van der Waals surface area contributed by atoms with Crippen LogP contribution in [-0.4, -0.2) is 16.8 Å². The maximum absolute atomic E-state index is 11.4. The van der Waals surface area contributed by atoms with E-state index < -0.39 is 11.8 Å². The molecule has 16 heavy (non-hydrogen) atoms. The molecular formula is C11H11N3O2. The van der Waals surface area contributed by atoms with E-state index in [1.807, 2.05) is 18.2 Å². The standard InChI is InChI=1S/C11H11N3O2/c1-9(15)14(8-12)13-11(16)7-10-5-3-2-4-6-10/h2-6H,7H2,1H3,(H,13,16). The number of hydrogen-bond donors (Lipinski definition) is 1. The largest absolute Gasteiger partial charge is 0.273 e. The summed E-state index contributed by atoms with van der Waals surface area (Å²) in [4.78, 5) is 22.3. The highest BCUT2D eigenvalue weighted by atomic mass is 16.2. The number of nitriles is 1. The molecule has 5 nitrogen and oxygen atoms in total. The van der Waals surface area contributed by atoms with Crippen LogP contribution in [-0.2, 0) is 16.0 Å². The Morgan fingerprint density at radius 2 is 2.00 bits per heavy atom. The van der Waals surface area contributed by atoms with E-state index in [-0.39, 0.29) is 6.42 Å². The van der Waals surface area contributed by atoms with Crippen LogP contribution < -0.4 is 5.43 Å². The van der Waals surface area contributed by atoms with Crippen molar-refractivity contribution >= 4 is 11.8 Å². The predicted molar refractivity (Wildman–Crippen MR) is 56.4 cm³/mol. The molecule has 0 spiro atoms. The molecule has 0 saturated heterocycles. The molecule has 5 heteroatoms. The van der Waals surface area contributed by atoms with Crippen LogP contribution in [0.15, 0.2) is 30.3 Å². The van der Waals surface area contributed by atoms with Crippen LogP contribution in [0.2, 0.25) is 0 Å². The lowest BCUT2D eigenvalue weighted by Gasteiger charge is -2.12. The lowest BCUT2D eigenvalue weighted by molar-refractivity contribution is -0.135. The van der Waals surface area contributed by atoms with Crippen molar-refractivity contribution < 1.29 is 9.59 Å². The third-order valence-corrected chi connectivity index (χ3v) is 1.86. The van der Waals surface area contributed by atoms with Gasteiger partial charge in [-0.25, -0.2) is 0 Å². The first kappa shape index (κ1) is 11.7. The number of benzene rings is 1. The van der Waals surface area contributed by atoms with E-state index in [0.717, 1.165) is 5.56 Å². The first-order valence-electron chi connectivity index (χ1n) is 4.67. The number of carbonyl (C=O) groups excluding carboxylic acids is 2. The van der Waals surface area contributed by atoms with Gasteiger partial charge in [0.1, 0.15) is 0 Å². The molecule has 1 aromatic carbocycles. The van der Waals surface area contributed by atoms with Crippen molar-refractivity contribution in [3.05, 3.63) is 35.9 Å². The van der Waals surface area contributed by atoms with E-state index in [9.17, 15) is 9.59 Å². The second kappa shape index (κ2) is 5.51. The summed E-state index contributed by atoms with van der Waals surface area (Å²) in [5.74, 6) is -0.924. The van der Waals surface area contributed by atoms with Crippen LogP contribution in [0.1, 0.15) is 12.5 Å². The van der Waals surface area contributed by atoms with Crippen LogP contribution in [0.4, 0.5) is 0 Å². The molecule has 0 fully saturated rings. The van der Waals surface area contributed by atoms with Gasteiger partial charge < -0.3 is 0 Å². The van der Waals surface area contributed by atoms with Gasteiger partial charge in [0, 0.05) is 6.92 Å². The van der Waals surface area contributed by atoms with Crippen molar-refractivity contribution in [2.45, 2.75) is 13.3 Å². The molecule has 1 N–H and O–H groups in total. The molecule has 82 valence electrons. The van der Waals surface area contributed by atoms with Gasteiger partial charge in [-0.3, -0.25) is 15.0 Å². The van der Waals surface area contributed by atoms with Crippen molar-refractivity contribution in [3.8, 4) is 6.19 Å². The lowest BCUT2D eigenvalue weighted by atomic mass is 10.1. The van der Waals surface area contributed by atoms with Gasteiger partial charge in [-0.05, 0) is 5.56 Å². The van der Waals surface area contributed by atoms with Crippen LogP contribution >= 0.6 is 0 Å². The van der Waals surface area contributed by atoms with Crippen LogP contribution in [0.3, 0.4) is 0 Å². The first-order chi connectivity index (χ1) is 7.63. The molecule has 0 bridgehead atoms. The fourth-order valence-electron chi connectivity index (χ4n) is 1.12. The van der Waals surface area contributed by atoms with E-state index in [2.05, 4.69) is 5.43 Å². The summed E-state index contributed by atoms with van der Waals surface area (Å²) in [6.45, 7) is 1.20. The number of hydrazine groups is 1. The number of hydrogen-bond acceptors (Lipinski definition) is 3. The van der Waals surface area contributed by atoms with Crippen LogP contribution in [0, 0.1) is 11.5 Å². The summed E-state index contributed by atoms with van der Waals surface area (Å²) in [7, 11) is 0. The molecule has 0 aliphatic rings. The first-order valence-corrected chi connectivity index (χ1v) is 4.67. The van der Waals surface area contributed by atoms with Gasteiger partial charge in [0.2, 0.25) is 12.1 Å². The minimum absolute atomic E-state index is 0.131. The fourth-order valence-corrected chi connectivity index (χ4v) is 1.12. The molecule has 0 aromatic heterocycles. The molecule has 0 aliphatic carbocycles. The molecule has 0 heterocycles. The van der Waals surface area contributed by atoms with Crippen molar-refractivity contribution in [3.63, 3.8) is 0 Å². The number of rotatable bonds is 2. The Bertz CT molecular complexity index is 423. The SMILES string of the molecule is CC(=O)N(C#N)NC(=O)Cc1ccccc1. The van der Waals surface area contributed by atoms with Crippen molar-refractivity contribution in [1.82, 2.24) is 10.4 Å². The second-order valence-corrected chi connectivity index (χ2v) is 3.15. The summed E-state index contributed by atoms with van der Waals surface area (Å²) >= 11 is 0. The minimum Gasteiger partial charge on any atom is -0.273 e. The Balaban J connectivity index is 2.55. The zero-order valence-electron chi connectivity index (χ0n) is 8.80. The highest BCUT2D eigenvalue weighted by molar-refractivity contribution is 5.83. The van der Waals surface area contributed by atoms with Gasteiger partial charge in [-0.15, -0.1) is 0 Å². The molecule has 0 saturated carbocycles. The Labute approximate surface area is 93.3 Å². The topological polar surface area (TPSA) is 73.2 Å². The molecular weight excluding hydrogens is 206 g/mol. The van der Waals surface area contributed by atoms with Gasteiger partial charge in [-0.1, -0.05) is 30.3 Å². The molecule has 0 unspecified atom stereocenters. The zero-order chi connectivity index (χ0) is 12.0. The van der Waals surface area contributed by atoms with E-state index in [0.29, 0.717) is 5.01 Å². The van der Waals surface area contributed by atoms with E-state index in [1.54, 1.807) is 18.3 Å². The average molecular weight is 217 g/mol. The van der Waals surface area contributed by atoms with Crippen molar-refractivity contribution in [2.24, 2.45) is 0 Å². The van der Waals surface area contributed by atoms with E-state index in [1.165, 1.54) is 6.92 Å². The highest BCUT2D eigenvalue weighted by Crippen LogP contribution is 1.99. The maximum atomic E-state index is 11.4. The summed E-state index contributed by atoms with van der Waals surface area (Å²) in [5.41, 5.74) is 3.02. The highest BCUT2D eigenvalue weighted by Gasteiger charge is 2.11. The van der Waals surface area contributed by atoms with E-state index >= 15 is 0 Å². The smallest absolute Gasteiger partial charge is 0.251 e. The zero-order valence-corrected chi connectivity index (χ0v) is 8.80. The third-order valence-electron chi connectivity index (χ3n) is 1.86. The molecule has 1 aromatic rings. The Morgan fingerprint density at radius 1 is 1.38 bits per heavy atom. The van der Waals surface area contributed by atoms with Crippen LogP contribution in [0.5, 0.6) is 0 Å². The number of nitrogens with zero attached hydrogens (tertiary/aromatic N) is 2. The summed E-state index contributed by atoms with van der Waals surface area (Å²) < 4.78 is 0. The quantitative estimate of drug-likeness (QED) is 0.447. The number of nitrogens with one attached hydrogen (secondary N) is 1. The Morgan fingerprint density at radius 3 is 2.50 bits per heavy atom. The summed E-state index contributed by atoms with van der Waals surface area (Å²) in [5, 5.41) is 9.15. The number of amides is 2. The fraction of sp³-hybridized carbons (Fsp3) is 0.182. The molecule has 0 radical (unpaired) electrons. The van der Waals surface area contributed by atoms with Crippen LogP contribution in [0.25, 0.3) is 0 Å². The van der Waals surface area contributed by atoms with Gasteiger partial charge in [0.05, 0.1) is 6.42 Å². The minimum atomic E-state index is -0.524. The summed E-state index contributed by atoms with van der Waals surface area (Å²) in [6, 6.07) is 9.07. The second-order valence-electron chi connectivity index (χ2n) is 3.15. The van der Waals surface area contributed by atoms with Gasteiger partial charge in [0.25, 0.3) is 5.91 Å². The normalized spacial score (nSPS) is 9.00.